The lowest BCUT2D eigenvalue weighted by Gasteiger charge is -2.19. The third kappa shape index (κ3) is 2.81. The molecule has 3 rings (SSSR count). The SMILES string of the molecule is O=C(Nc1ccc2c(c1)NCCC2)c1cc(F)ccc1O. The van der Waals surface area contributed by atoms with Crippen molar-refractivity contribution in [3.05, 3.63) is 53.3 Å². The molecule has 1 heterocycles. The molecule has 0 fully saturated rings. The highest BCUT2D eigenvalue weighted by Gasteiger charge is 2.14. The minimum Gasteiger partial charge on any atom is -0.507 e. The number of rotatable bonds is 2. The largest absolute Gasteiger partial charge is 0.507 e. The number of benzene rings is 2. The lowest BCUT2D eigenvalue weighted by Crippen LogP contribution is -2.15. The summed E-state index contributed by atoms with van der Waals surface area (Å²) in [6, 6.07) is 8.90. The molecular formula is C16H15FN2O2. The summed E-state index contributed by atoms with van der Waals surface area (Å²) in [4.78, 5) is 12.1. The molecular weight excluding hydrogens is 271 g/mol. The van der Waals surface area contributed by atoms with Crippen LogP contribution in [0.1, 0.15) is 22.3 Å². The van der Waals surface area contributed by atoms with Gasteiger partial charge in [0.25, 0.3) is 5.91 Å². The molecule has 0 atom stereocenters. The van der Waals surface area contributed by atoms with Crippen molar-refractivity contribution < 1.29 is 14.3 Å². The predicted molar refractivity (Wildman–Crippen MR) is 79.3 cm³/mol. The maximum absolute atomic E-state index is 13.2. The van der Waals surface area contributed by atoms with E-state index in [1.165, 1.54) is 11.6 Å². The zero-order valence-electron chi connectivity index (χ0n) is 11.3. The number of anilines is 2. The van der Waals surface area contributed by atoms with E-state index in [9.17, 15) is 14.3 Å². The molecule has 2 aromatic carbocycles. The van der Waals surface area contributed by atoms with Crippen LogP contribution in [0, 0.1) is 5.82 Å². The molecule has 108 valence electrons. The summed E-state index contributed by atoms with van der Waals surface area (Å²) in [7, 11) is 0. The van der Waals surface area contributed by atoms with Crippen LogP contribution in [0.4, 0.5) is 15.8 Å². The van der Waals surface area contributed by atoms with Crippen molar-refractivity contribution in [3.8, 4) is 5.75 Å². The molecule has 3 N–H and O–H groups in total. The van der Waals surface area contributed by atoms with Crippen molar-refractivity contribution in [3.63, 3.8) is 0 Å². The molecule has 0 saturated heterocycles. The number of aryl methyl sites for hydroxylation is 1. The average molecular weight is 286 g/mol. The predicted octanol–water partition coefficient (Wildman–Crippen LogP) is 3.14. The first-order valence-electron chi connectivity index (χ1n) is 6.80. The minimum atomic E-state index is -0.565. The fraction of sp³-hybridized carbons (Fsp3) is 0.188. The fourth-order valence-electron chi connectivity index (χ4n) is 2.43. The van der Waals surface area contributed by atoms with Crippen molar-refractivity contribution in [2.45, 2.75) is 12.8 Å². The number of amides is 1. The van der Waals surface area contributed by atoms with Crippen molar-refractivity contribution in [1.82, 2.24) is 0 Å². The fourth-order valence-corrected chi connectivity index (χ4v) is 2.43. The molecule has 0 bridgehead atoms. The van der Waals surface area contributed by atoms with Gasteiger partial charge in [0.05, 0.1) is 5.56 Å². The monoisotopic (exact) mass is 286 g/mol. The zero-order valence-corrected chi connectivity index (χ0v) is 11.3. The molecule has 0 spiro atoms. The molecule has 1 aliphatic rings. The Morgan fingerprint density at radius 2 is 2.10 bits per heavy atom. The molecule has 0 aliphatic carbocycles. The number of phenols is 1. The number of fused-ring (bicyclic) bond motifs is 1. The van der Waals surface area contributed by atoms with Gasteiger partial charge in [0, 0.05) is 17.9 Å². The Morgan fingerprint density at radius 1 is 1.24 bits per heavy atom. The summed E-state index contributed by atoms with van der Waals surface area (Å²) in [5.41, 5.74) is 2.74. The van der Waals surface area contributed by atoms with Crippen LogP contribution in [0.25, 0.3) is 0 Å². The molecule has 21 heavy (non-hydrogen) atoms. The van der Waals surface area contributed by atoms with Gasteiger partial charge in [-0.25, -0.2) is 4.39 Å². The van der Waals surface area contributed by atoms with Gasteiger partial charge in [-0.2, -0.15) is 0 Å². The lowest BCUT2D eigenvalue weighted by molar-refractivity contribution is 0.102. The minimum absolute atomic E-state index is 0.0827. The van der Waals surface area contributed by atoms with Crippen LogP contribution in [0.15, 0.2) is 36.4 Å². The molecule has 0 unspecified atom stereocenters. The summed E-state index contributed by atoms with van der Waals surface area (Å²) in [5, 5.41) is 15.6. The topological polar surface area (TPSA) is 61.4 Å². The number of nitrogens with one attached hydrogen (secondary N) is 2. The highest BCUT2D eigenvalue weighted by Crippen LogP contribution is 2.26. The van der Waals surface area contributed by atoms with Gasteiger partial charge in [-0.1, -0.05) is 6.07 Å². The van der Waals surface area contributed by atoms with Crippen molar-refractivity contribution in [2.75, 3.05) is 17.2 Å². The molecule has 1 aliphatic heterocycles. The molecule has 1 amide bonds. The normalized spacial score (nSPS) is 13.2. The van der Waals surface area contributed by atoms with E-state index in [0.717, 1.165) is 37.2 Å². The van der Waals surface area contributed by atoms with Gasteiger partial charge in [-0.3, -0.25) is 4.79 Å². The van der Waals surface area contributed by atoms with E-state index >= 15 is 0 Å². The number of aromatic hydroxyl groups is 1. The van der Waals surface area contributed by atoms with Crippen molar-refractivity contribution >= 4 is 17.3 Å². The van der Waals surface area contributed by atoms with Gasteiger partial charge in [0.2, 0.25) is 0 Å². The van der Waals surface area contributed by atoms with Crippen LogP contribution >= 0.6 is 0 Å². The maximum atomic E-state index is 13.2. The van der Waals surface area contributed by atoms with Crippen LogP contribution in [-0.2, 0) is 6.42 Å². The number of carbonyl (C=O) groups excluding carboxylic acids is 1. The summed E-state index contributed by atoms with van der Waals surface area (Å²) in [6.07, 6.45) is 2.11. The number of hydrogen-bond donors (Lipinski definition) is 3. The number of halogens is 1. The number of phenolic OH excluding ortho intramolecular Hbond substituents is 1. The standard InChI is InChI=1S/C16H15FN2O2/c17-11-4-6-15(20)13(8-11)16(21)19-12-5-3-10-2-1-7-18-14(10)9-12/h3-6,8-9,18,20H,1-2,7H2,(H,19,21). The Kier molecular flexibility index (Phi) is 3.48. The maximum Gasteiger partial charge on any atom is 0.259 e. The Morgan fingerprint density at radius 3 is 2.95 bits per heavy atom. The van der Waals surface area contributed by atoms with Crippen LogP contribution in [-0.4, -0.2) is 17.6 Å². The Bertz CT molecular complexity index is 701. The summed E-state index contributed by atoms with van der Waals surface area (Å²) in [6.45, 7) is 0.912. The second-order valence-corrected chi connectivity index (χ2v) is 5.02. The zero-order chi connectivity index (χ0) is 14.8. The van der Waals surface area contributed by atoms with E-state index in [1.54, 1.807) is 6.07 Å². The van der Waals surface area contributed by atoms with Gasteiger partial charge in [-0.05, 0) is 48.7 Å². The quantitative estimate of drug-likeness (QED) is 0.794. The van der Waals surface area contributed by atoms with Gasteiger partial charge >= 0.3 is 0 Å². The molecule has 4 nitrogen and oxygen atoms in total. The molecule has 0 aromatic heterocycles. The van der Waals surface area contributed by atoms with Crippen molar-refractivity contribution in [2.24, 2.45) is 0 Å². The molecule has 5 heteroatoms. The first kappa shape index (κ1) is 13.4. The third-order valence-electron chi connectivity index (χ3n) is 3.51. The van der Waals surface area contributed by atoms with E-state index in [-0.39, 0.29) is 11.3 Å². The number of hydrogen-bond acceptors (Lipinski definition) is 3. The van der Waals surface area contributed by atoms with E-state index in [1.807, 2.05) is 12.1 Å². The van der Waals surface area contributed by atoms with Crippen LogP contribution in [0.3, 0.4) is 0 Å². The molecule has 2 aromatic rings. The van der Waals surface area contributed by atoms with E-state index in [0.29, 0.717) is 5.69 Å². The highest BCUT2D eigenvalue weighted by molar-refractivity contribution is 6.06. The highest BCUT2D eigenvalue weighted by atomic mass is 19.1. The smallest absolute Gasteiger partial charge is 0.259 e. The summed E-state index contributed by atoms with van der Waals surface area (Å²) < 4.78 is 13.2. The first-order chi connectivity index (χ1) is 10.1. The van der Waals surface area contributed by atoms with E-state index < -0.39 is 11.7 Å². The number of carbonyl (C=O) groups is 1. The van der Waals surface area contributed by atoms with Crippen molar-refractivity contribution in [1.29, 1.82) is 0 Å². The van der Waals surface area contributed by atoms with Gasteiger partial charge in [-0.15, -0.1) is 0 Å². The van der Waals surface area contributed by atoms with Crippen LogP contribution in [0.2, 0.25) is 0 Å². The Hall–Kier alpha value is -2.56. The van der Waals surface area contributed by atoms with E-state index in [2.05, 4.69) is 10.6 Å². The average Bonchev–Trinajstić information content (AvgIpc) is 2.49. The van der Waals surface area contributed by atoms with Gasteiger partial charge < -0.3 is 15.7 Å². The Balaban J connectivity index is 1.83. The van der Waals surface area contributed by atoms with Crippen LogP contribution in [0.5, 0.6) is 5.75 Å². The first-order valence-corrected chi connectivity index (χ1v) is 6.80. The lowest BCUT2D eigenvalue weighted by atomic mass is 10.0. The third-order valence-corrected chi connectivity index (χ3v) is 3.51. The second kappa shape index (κ2) is 5.44. The van der Waals surface area contributed by atoms with Gasteiger partial charge in [0.15, 0.2) is 0 Å². The molecule has 0 radical (unpaired) electrons. The second-order valence-electron chi connectivity index (χ2n) is 5.02. The summed E-state index contributed by atoms with van der Waals surface area (Å²) in [5.74, 6) is -1.35. The van der Waals surface area contributed by atoms with Gasteiger partial charge in [0.1, 0.15) is 11.6 Å². The molecule has 0 saturated carbocycles. The van der Waals surface area contributed by atoms with E-state index in [4.69, 9.17) is 0 Å². The summed E-state index contributed by atoms with van der Waals surface area (Å²) >= 11 is 0. The Labute approximate surface area is 121 Å². The van der Waals surface area contributed by atoms with Crippen LogP contribution < -0.4 is 10.6 Å².